The zero-order chi connectivity index (χ0) is 16.9. The van der Waals surface area contributed by atoms with Crippen LogP contribution >= 0.6 is 0 Å². The van der Waals surface area contributed by atoms with Crippen molar-refractivity contribution in [2.24, 2.45) is 0 Å². The van der Waals surface area contributed by atoms with E-state index in [9.17, 15) is 9.59 Å². The number of amides is 2. The Balaban J connectivity index is 1.62. The average Bonchev–Trinajstić information content (AvgIpc) is 2.94. The quantitative estimate of drug-likeness (QED) is 0.831. The van der Waals surface area contributed by atoms with E-state index >= 15 is 0 Å². The lowest BCUT2D eigenvalue weighted by Crippen LogP contribution is -2.52. The van der Waals surface area contributed by atoms with E-state index in [0.29, 0.717) is 25.4 Å². The van der Waals surface area contributed by atoms with E-state index in [1.54, 1.807) is 21.8 Å². The van der Waals surface area contributed by atoms with Crippen LogP contribution < -0.4 is 0 Å². The highest BCUT2D eigenvalue weighted by Gasteiger charge is 2.33. The van der Waals surface area contributed by atoms with Crippen molar-refractivity contribution in [1.82, 2.24) is 19.6 Å². The first-order valence-electron chi connectivity index (χ1n) is 8.92. The van der Waals surface area contributed by atoms with Crippen molar-refractivity contribution in [3.05, 3.63) is 18.0 Å². The maximum Gasteiger partial charge on any atom is 0.274 e. The fraction of sp³-hybridized carbons (Fsp3) is 0.706. The topological polar surface area (TPSA) is 67.7 Å². The number of carbonyl (C=O) groups is 2. The highest BCUT2D eigenvalue weighted by Crippen LogP contribution is 2.15. The Labute approximate surface area is 142 Å². The standard InChI is InChI=1S/C17H26N4O3/c1-2-21-10-7-14(18-21)16(22)20-11-12-24-15(13-20)17(23)19-8-5-3-4-6-9-19/h7,10,15H,2-6,8-9,11-13H2,1H3. The number of likely N-dealkylation sites (tertiary alicyclic amines) is 1. The minimum absolute atomic E-state index is 0.0217. The van der Waals surface area contributed by atoms with Crippen LogP contribution in [0.3, 0.4) is 0 Å². The second-order valence-electron chi connectivity index (χ2n) is 6.41. The fourth-order valence-electron chi connectivity index (χ4n) is 3.29. The molecule has 0 aromatic carbocycles. The maximum atomic E-state index is 12.7. The molecule has 0 N–H and O–H groups in total. The van der Waals surface area contributed by atoms with Crippen molar-refractivity contribution in [2.45, 2.75) is 45.3 Å². The molecule has 24 heavy (non-hydrogen) atoms. The summed E-state index contributed by atoms with van der Waals surface area (Å²) in [5.74, 6) is -0.104. The van der Waals surface area contributed by atoms with Crippen LogP contribution in [0, 0.1) is 0 Å². The van der Waals surface area contributed by atoms with Crippen molar-refractivity contribution in [3.8, 4) is 0 Å². The Bertz CT molecular complexity index is 578. The third-order valence-corrected chi connectivity index (χ3v) is 4.73. The van der Waals surface area contributed by atoms with Gasteiger partial charge in [-0.25, -0.2) is 0 Å². The summed E-state index contributed by atoms with van der Waals surface area (Å²) in [5, 5.41) is 4.27. The molecule has 3 heterocycles. The summed E-state index contributed by atoms with van der Waals surface area (Å²) in [6.07, 6.45) is 5.72. The van der Waals surface area contributed by atoms with Crippen molar-refractivity contribution in [2.75, 3.05) is 32.8 Å². The Kier molecular flexibility index (Phi) is 5.50. The molecule has 7 heteroatoms. The lowest BCUT2D eigenvalue weighted by molar-refractivity contribution is -0.148. The van der Waals surface area contributed by atoms with Gasteiger partial charge in [0, 0.05) is 32.4 Å². The molecule has 1 aromatic heterocycles. The molecule has 2 aliphatic rings. The number of carbonyl (C=O) groups excluding carboxylic acids is 2. The molecule has 0 spiro atoms. The van der Waals surface area contributed by atoms with Gasteiger partial charge < -0.3 is 14.5 Å². The van der Waals surface area contributed by atoms with E-state index in [1.165, 1.54) is 12.8 Å². The van der Waals surface area contributed by atoms with Gasteiger partial charge in [0.1, 0.15) is 5.69 Å². The lowest BCUT2D eigenvalue weighted by Gasteiger charge is -2.34. The van der Waals surface area contributed by atoms with Crippen LogP contribution in [-0.4, -0.2) is 70.3 Å². The number of nitrogens with zero attached hydrogens (tertiary/aromatic N) is 4. The number of ether oxygens (including phenoxy) is 1. The van der Waals surface area contributed by atoms with Crippen LogP contribution in [0.5, 0.6) is 0 Å². The van der Waals surface area contributed by atoms with E-state index in [1.807, 2.05) is 11.8 Å². The summed E-state index contributed by atoms with van der Waals surface area (Å²) < 4.78 is 7.40. The zero-order valence-corrected chi connectivity index (χ0v) is 14.3. The first kappa shape index (κ1) is 17.0. The molecular weight excluding hydrogens is 308 g/mol. The molecule has 3 rings (SSSR count). The van der Waals surface area contributed by atoms with Crippen molar-refractivity contribution in [1.29, 1.82) is 0 Å². The summed E-state index contributed by atoms with van der Waals surface area (Å²) in [5.41, 5.74) is 0.430. The van der Waals surface area contributed by atoms with E-state index in [0.717, 1.165) is 32.5 Å². The van der Waals surface area contributed by atoms with Crippen LogP contribution in [0.15, 0.2) is 12.3 Å². The smallest absolute Gasteiger partial charge is 0.274 e. The van der Waals surface area contributed by atoms with Gasteiger partial charge in [-0.1, -0.05) is 12.8 Å². The maximum absolute atomic E-state index is 12.7. The number of morpholine rings is 1. The number of aryl methyl sites for hydroxylation is 1. The number of rotatable bonds is 3. The van der Waals surface area contributed by atoms with Crippen LogP contribution in [0.4, 0.5) is 0 Å². The van der Waals surface area contributed by atoms with Gasteiger partial charge in [-0.15, -0.1) is 0 Å². The lowest BCUT2D eigenvalue weighted by atomic mass is 10.2. The summed E-state index contributed by atoms with van der Waals surface area (Å²) in [6.45, 7) is 5.51. The average molecular weight is 334 g/mol. The number of hydrogen-bond acceptors (Lipinski definition) is 4. The van der Waals surface area contributed by atoms with Gasteiger partial charge in [0.15, 0.2) is 6.10 Å². The molecule has 2 amide bonds. The molecule has 0 bridgehead atoms. The molecule has 7 nitrogen and oxygen atoms in total. The molecule has 1 atom stereocenters. The van der Waals surface area contributed by atoms with E-state index in [-0.39, 0.29) is 11.8 Å². The first-order valence-corrected chi connectivity index (χ1v) is 8.92. The van der Waals surface area contributed by atoms with Gasteiger partial charge in [-0.3, -0.25) is 14.3 Å². The SMILES string of the molecule is CCn1ccc(C(=O)N2CCOC(C(=O)N3CCCCCC3)C2)n1. The largest absolute Gasteiger partial charge is 0.365 e. The molecule has 1 aromatic rings. The van der Waals surface area contributed by atoms with Crippen molar-refractivity contribution < 1.29 is 14.3 Å². The third kappa shape index (κ3) is 3.77. The number of aromatic nitrogens is 2. The molecule has 2 saturated heterocycles. The Hall–Kier alpha value is -1.89. The fourth-order valence-corrected chi connectivity index (χ4v) is 3.29. The molecule has 2 aliphatic heterocycles. The van der Waals surface area contributed by atoms with Gasteiger partial charge in [-0.2, -0.15) is 5.10 Å². The van der Waals surface area contributed by atoms with E-state index < -0.39 is 6.10 Å². The zero-order valence-electron chi connectivity index (χ0n) is 14.3. The molecular formula is C17H26N4O3. The van der Waals surface area contributed by atoms with Gasteiger partial charge in [0.05, 0.1) is 13.2 Å². The van der Waals surface area contributed by atoms with E-state index in [4.69, 9.17) is 4.74 Å². The Morgan fingerprint density at radius 3 is 2.58 bits per heavy atom. The predicted molar refractivity (Wildman–Crippen MR) is 88.6 cm³/mol. The van der Waals surface area contributed by atoms with Crippen LogP contribution in [0.25, 0.3) is 0 Å². The minimum Gasteiger partial charge on any atom is -0.365 e. The minimum atomic E-state index is -0.547. The van der Waals surface area contributed by atoms with Crippen LogP contribution in [-0.2, 0) is 16.1 Å². The molecule has 0 saturated carbocycles. The van der Waals surface area contributed by atoms with Gasteiger partial charge in [-0.05, 0) is 25.8 Å². The Morgan fingerprint density at radius 1 is 1.17 bits per heavy atom. The van der Waals surface area contributed by atoms with Gasteiger partial charge in [0.25, 0.3) is 11.8 Å². The van der Waals surface area contributed by atoms with Crippen molar-refractivity contribution in [3.63, 3.8) is 0 Å². The third-order valence-electron chi connectivity index (χ3n) is 4.73. The summed E-state index contributed by atoms with van der Waals surface area (Å²) in [4.78, 5) is 28.9. The molecule has 2 fully saturated rings. The highest BCUT2D eigenvalue weighted by molar-refractivity contribution is 5.93. The second-order valence-corrected chi connectivity index (χ2v) is 6.41. The highest BCUT2D eigenvalue weighted by atomic mass is 16.5. The summed E-state index contributed by atoms with van der Waals surface area (Å²) in [7, 11) is 0. The summed E-state index contributed by atoms with van der Waals surface area (Å²) in [6, 6.07) is 1.73. The molecule has 0 aliphatic carbocycles. The number of hydrogen-bond donors (Lipinski definition) is 0. The summed E-state index contributed by atoms with van der Waals surface area (Å²) >= 11 is 0. The molecule has 0 radical (unpaired) electrons. The normalized spacial score (nSPS) is 22.3. The van der Waals surface area contributed by atoms with Crippen LogP contribution in [0.2, 0.25) is 0 Å². The second kappa shape index (κ2) is 7.79. The predicted octanol–water partition coefficient (Wildman–Crippen LogP) is 1.15. The first-order chi connectivity index (χ1) is 11.7. The molecule has 1 unspecified atom stereocenters. The van der Waals surface area contributed by atoms with Gasteiger partial charge >= 0.3 is 0 Å². The molecule has 132 valence electrons. The van der Waals surface area contributed by atoms with Crippen molar-refractivity contribution >= 4 is 11.8 Å². The Morgan fingerprint density at radius 2 is 1.92 bits per heavy atom. The van der Waals surface area contributed by atoms with Crippen LogP contribution in [0.1, 0.15) is 43.1 Å². The monoisotopic (exact) mass is 334 g/mol. The van der Waals surface area contributed by atoms with Gasteiger partial charge in [0.2, 0.25) is 0 Å². The van der Waals surface area contributed by atoms with E-state index in [2.05, 4.69) is 5.10 Å².